The van der Waals surface area contributed by atoms with E-state index in [1.54, 1.807) is 5.57 Å². The maximum atomic E-state index is 3.60. The van der Waals surface area contributed by atoms with Crippen molar-refractivity contribution >= 4 is 0 Å². The molecule has 1 aliphatic rings. The summed E-state index contributed by atoms with van der Waals surface area (Å²) in [6.07, 6.45) is 9.01. The van der Waals surface area contributed by atoms with Crippen LogP contribution >= 0.6 is 0 Å². The molecule has 2 rings (SSSR count). The number of benzene rings is 1. The first kappa shape index (κ1) is 12.4. The number of nitrogens with one attached hydrogen (secondary N) is 1. The van der Waals surface area contributed by atoms with Gasteiger partial charge in [-0.15, -0.1) is 0 Å². The highest BCUT2D eigenvalue weighted by Crippen LogP contribution is 2.21. The highest BCUT2D eigenvalue weighted by Gasteiger charge is 2.05. The third kappa shape index (κ3) is 4.01. The lowest BCUT2D eigenvalue weighted by atomic mass is 10.1. The first-order chi connectivity index (χ1) is 8.36. The Morgan fingerprint density at radius 2 is 2.06 bits per heavy atom. The highest BCUT2D eigenvalue weighted by atomic mass is 14.9. The fourth-order valence-electron chi connectivity index (χ4n) is 2.46. The van der Waals surface area contributed by atoms with Gasteiger partial charge in [0.05, 0.1) is 0 Å². The first-order valence-corrected chi connectivity index (χ1v) is 6.82. The second kappa shape index (κ2) is 6.61. The van der Waals surface area contributed by atoms with Gasteiger partial charge in [-0.1, -0.05) is 42.0 Å². The van der Waals surface area contributed by atoms with Crippen molar-refractivity contribution in [3.63, 3.8) is 0 Å². The molecule has 1 aliphatic carbocycles. The Bertz CT molecular complexity index is 353. The van der Waals surface area contributed by atoms with Gasteiger partial charge < -0.3 is 5.32 Å². The van der Waals surface area contributed by atoms with Crippen molar-refractivity contribution in [1.82, 2.24) is 5.32 Å². The fraction of sp³-hybridized carbons (Fsp3) is 0.500. The molecule has 0 radical (unpaired) electrons. The van der Waals surface area contributed by atoms with Crippen molar-refractivity contribution in [2.45, 2.75) is 45.1 Å². The van der Waals surface area contributed by atoms with Crippen molar-refractivity contribution < 1.29 is 0 Å². The van der Waals surface area contributed by atoms with Crippen molar-refractivity contribution in [3.8, 4) is 0 Å². The molecule has 1 nitrogen and oxygen atoms in total. The predicted molar refractivity (Wildman–Crippen MR) is 74.0 cm³/mol. The number of hydrogen-bond donors (Lipinski definition) is 1. The van der Waals surface area contributed by atoms with E-state index in [1.807, 2.05) is 0 Å². The monoisotopic (exact) mass is 229 g/mol. The molecule has 0 aromatic heterocycles. The Morgan fingerprint density at radius 3 is 2.76 bits per heavy atom. The minimum Gasteiger partial charge on any atom is -0.310 e. The molecule has 0 spiro atoms. The van der Waals surface area contributed by atoms with E-state index in [0.717, 1.165) is 6.54 Å². The molecular weight excluding hydrogens is 206 g/mol. The van der Waals surface area contributed by atoms with Gasteiger partial charge in [-0.05, 0) is 51.1 Å². The van der Waals surface area contributed by atoms with Crippen LogP contribution in [0.1, 0.15) is 50.6 Å². The van der Waals surface area contributed by atoms with E-state index < -0.39 is 0 Å². The summed E-state index contributed by atoms with van der Waals surface area (Å²) >= 11 is 0. The van der Waals surface area contributed by atoms with Gasteiger partial charge in [-0.25, -0.2) is 0 Å². The van der Waals surface area contributed by atoms with Gasteiger partial charge >= 0.3 is 0 Å². The average molecular weight is 229 g/mol. The molecule has 0 heterocycles. The maximum absolute atomic E-state index is 3.60. The minimum atomic E-state index is 0.466. The molecule has 0 amide bonds. The van der Waals surface area contributed by atoms with Crippen LogP contribution in [0.4, 0.5) is 0 Å². The fourth-order valence-corrected chi connectivity index (χ4v) is 2.46. The average Bonchev–Trinajstić information content (AvgIpc) is 2.88. The van der Waals surface area contributed by atoms with Crippen LogP contribution < -0.4 is 5.32 Å². The smallest absolute Gasteiger partial charge is 0.0291 e. The molecule has 0 fully saturated rings. The van der Waals surface area contributed by atoms with E-state index in [4.69, 9.17) is 0 Å². The Kier molecular flexibility index (Phi) is 4.81. The van der Waals surface area contributed by atoms with Crippen LogP contribution in [0.3, 0.4) is 0 Å². The van der Waals surface area contributed by atoms with Gasteiger partial charge in [0.25, 0.3) is 0 Å². The maximum Gasteiger partial charge on any atom is 0.0291 e. The van der Waals surface area contributed by atoms with Gasteiger partial charge in [-0.3, -0.25) is 0 Å². The summed E-state index contributed by atoms with van der Waals surface area (Å²) in [6.45, 7) is 3.36. The summed E-state index contributed by atoms with van der Waals surface area (Å²) < 4.78 is 0. The molecule has 1 unspecified atom stereocenters. The third-order valence-electron chi connectivity index (χ3n) is 3.56. The molecule has 1 aromatic rings. The Morgan fingerprint density at radius 1 is 1.24 bits per heavy atom. The van der Waals surface area contributed by atoms with E-state index in [1.165, 1.54) is 37.7 Å². The summed E-state index contributed by atoms with van der Waals surface area (Å²) in [7, 11) is 0. The number of allylic oxidation sites excluding steroid dienone is 2. The van der Waals surface area contributed by atoms with Crippen LogP contribution in [0.25, 0.3) is 0 Å². The highest BCUT2D eigenvalue weighted by molar-refractivity contribution is 5.18. The van der Waals surface area contributed by atoms with E-state index in [-0.39, 0.29) is 0 Å². The molecule has 1 heteroatoms. The first-order valence-electron chi connectivity index (χ1n) is 6.82. The Hall–Kier alpha value is -1.08. The lowest BCUT2D eigenvalue weighted by Crippen LogP contribution is -2.19. The van der Waals surface area contributed by atoms with Crippen LogP contribution in [0.15, 0.2) is 42.0 Å². The second-order valence-corrected chi connectivity index (χ2v) is 4.94. The largest absolute Gasteiger partial charge is 0.310 e. The quantitative estimate of drug-likeness (QED) is 0.568. The SMILES string of the molecule is CC(NCCCC1=CCCC1)c1ccccc1. The molecule has 0 saturated carbocycles. The van der Waals surface area contributed by atoms with Gasteiger partial charge in [0, 0.05) is 6.04 Å². The van der Waals surface area contributed by atoms with Crippen molar-refractivity contribution in [1.29, 1.82) is 0 Å². The molecule has 0 bridgehead atoms. The second-order valence-electron chi connectivity index (χ2n) is 4.94. The van der Waals surface area contributed by atoms with Crippen LogP contribution in [0.5, 0.6) is 0 Å². The summed E-state index contributed by atoms with van der Waals surface area (Å²) in [5.41, 5.74) is 3.06. The Balaban J connectivity index is 1.65. The zero-order valence-electron chi connectivity index (χ0n) is 10.8. The summed E-state index contributed by atoms with van der Waals surface area (Å²) in [6, 6.07) is 11.1. The van der Waals surface area contributed by atoms with Crippen LogP contribution in [0, 0.1) is 0 Å². The van der Waals surface area contributed by atoms with Crippen LogP contribution in [0.2, 0.25) is 0 Å². The van der Waals surface area contributed by atoms with Gasteiger partial charge in [0.15, 0.2) is 0 Å². The predicted octanol–water partition coefficient (Wildman–Crippen LogP) is 4.23. The summed E-state index contributed by atoms with van der Waals surface area (Å²) in [4.78, 5) is 0. The molecule has 92 valence electrons. The minimum absolute atomic E-state index is 0.466. The third-order valence-corrected chi connectivity index (χ3v) is 3.56. The van der Waals surface area contributed by atoms with E-state index in [0.29, 0.717) is 6.04 Å². The molecule has 1 aromatic carbocycles. The molecule has 17 heavy (non-hydrogen) atoms. The Labute approximate surface area is 105 Å². The van der Waals surface area contributed by atoms with E-state index in [2.05, 4.69) is 48.6 Å². The van der Waals surface area contributed by atoms with Gasteiger partial charge in [0.1, 0.15) is 0 Å². The van der Waals surface area contributed by atoms with Crippen molar-refractivity contribution in [2.24, 2.45) is 0 Å². The lowest BCUT2D eigenvalue weighted by Gasteiger charge is -2.14. The summed E-state index contributed by atoms with van der Waals surface area (Å²) in [5.74, 6) is 0. The number of hydrogen-bond acceptors (Lipinski definition) is 1. The molecule has 1 N–H and O–H groups in total. The molecular formula is C16H23N. The zero-order chi connectivity index (χ0) is 11.9. The van der Waals surface area contributed by atoms with Crippen LogP contribution in [-0.2, 0) is 0 Å². The lowest BCUT2D eigenvalue weighted by molar-refractivity contribution is 0.556. The van der Waals surface area contributed by atoms with Crippen molar-refractivity contribution in [3.05, 3.63) is 47.5 Å². The molecule has 0 aliphatic heterocycles. The molecule has 1 atom stereocenters. The van der Waals surface area contributed by atoms with E-state index >= 15 is 0 Å². The normalized spacial score (nSPS) is 16.9. The summed E-state index contributed by atoms with van der Waals surface area (Å²) in [5, 5.41) is 3.60. The van der Waals surface area contributed by atoms with Gasteiger partial charge in [0.2, 0.25) is 0 Å². The van der Waals surface area contributed by atoms with E-state index in [9.17, 15) is 0 Å². The molecule has 0 saturated heterocycles. The topological polar surface area (TPSA) is 12.0 Å². The standard InChI is InChI=1S/C16H23N/c1-14(16-11-3-2-4-12-16)17-13-7-10-15-8-5-6-9-15/h2-4,8,11-12,14,17H,5-7,9-10,13H2,1H3. The van der Waals surface area contributed by atoms with Crippen molar-refractivity contribution in [2.75, 3.05) is 6.54 Å². The van der Waals surface area contributed by atoms with Gasteiger partial charge in [-0.2, -0.15) is 0 Å². The zero-order valence-corrected chi connectivity index (χ0v) is 10.8. The number of rotatable bonds is 6. The van der Waals surface area contributed by atoms with Crippen LogP contribution in [-0.4, -0.2) is 6.54 Å².